The third-order valence-corrected chi connectivity index (χ3v) is 7.10. The van der Waals surface area contributed by atoms with Gasteiger partial charge in [0.1, 0.15) is 0 Å². The molecule has 26 heavy (non-hydrogen) atoms. The monoisotopic (exact) mass is 484 g/mol. The number of piperazine rings is 1. The Morgan fingerprint density at radius 1 is 1.04 bits per heavy atom. The van der Waals surface area contributed by atoms with Crippen LogP contribution in [-0.2, 0) is 9.59 Å². The minimum atomic E-state index is -0.319. The number of imide groups is 1. The number of likely N-dealkylation sites (tertiary alicyclic amines) is 1. The van der Waals surface area contributed by atoms with E-state index in [1.54, 1.807) is 0 Å². The molecule has 2 fully saturated rings. The molecule has 0 N–H and O–H groups in total. The molecule has 1 aromatic rings. The van der Waals surface area contributed by atoms with Gasteiger partial charge in [-0.3, -0.25) is 0 Å². The van der Waals surface area contributed by atoms with Gasteiger partial charge in [-0.2, -0.15) is 0 Å². The van der Waals surface area contributed by atoms with E-state index in [1.165, 1.54) is 4.90 Å². The fourth-order valence-electron chi connectivity index (χ4n) is 3.63. The molecule has 2 amide bonds. The fraction of sp³-hybridized carbons (Fsp3) is 0.368. The summed E-state index contributed by atoms with van der Waals surface area (Å²) in [4.78, 5) is 31.2. The molecular formula is C19H20ClIN3O2-. The van der Waals surface area contributed by atoms with E-state index in [0.29, 0.717) is 6.42 Å². The van der Waals surface area contributed by atoms with Crippen LogP contribution < -0.4 is 26.1 Å². The van der Waals surface area contributed by atoms with Crippen LogP contribution in [0.2, 0.25) is 5.02 Å². The summed E-state index contributed by atoms with van der Waals surface area (Å²) in [6.45, 7) is 3.24. The van der Waals surface area contributed by atoms with Crippen molar-refractivity contribution in [2.75, 3.05) is 35.5 Å². The van der Waals surface area contributed by atoms with Crippen molar-refractivity contribution in [3.05, 3.63) is 51.2 Å². The summed E-state index contributed by atoms with van der Waals surface area (Å²) in [5, 5.41) is 0.732. The number of carbonyl (C=O) groups excluding carboxylic acids is 2. The summed E-state index contributed by atoms with van der Waals surface area (Å²) in [6, 6.07) is 7.52. The second-order valence-corrected chi connectivity index (χ2v) is 9.43. The number of rotatable bonds is 3. The average Bonchev–Trinajstić information content (AvgIpc) is 2.97. The van der Waals surface area contributed by atoms with Crippen molar-refractivity contribution in [3.8, 4) is 0 Å². The van der Waals surface area contributed by atoms with Crippen molar-refractivity contribution in [2.45, 2.75) is 12.5 Å². The van der Waals surface area contributed by atoms with Crippen LogP contribution in [0.5, 0.6) is 0 Å². The molecule has 1 aromatic carbocycles. The van der Waals surface area contributed by atoms with E-state index < -0.39 is 0 Å². The van der Waals surface area contributed by atoms with Crippen LogP contribution in [-0.4, -0.2) is 58.3 Å². The summed E-state index contributed by atoms with van der Waals surface area (Å²) in [5.74, 6) is -0.137. The van der Waals surface area contributed by atoms with Crippen molar-refractivity contribution in [1.82, 2.24) is 9.80 Å². The maximum absolute atomic E-state index is 12.9. The summed E-state index contributed by atoms with van der Waals surface area (Å²) in [6.07, 6.45) is 4.26. The summed E-state index contributed by atoms with van der Waals surface area (Å²) >= 11 is 6.02. The summed E-state index contributed by atoms with van der Waals surface area (Å²) < 4.78 is 3.12. The molecule has 138 valence electrons. The molecule has 2 saturated heterocycles. The SMILES string of the molecule is O=C1CC(N2CCN(c3ccc(Cl)cc3)CC2)C(=O)N1C1=CC[I-]C=C1. The van der Waals surface area contributed by atoms with Crippen molar-refractivity contribution in [3.63, 3.8) is 0 Å². The van der Waals surface area contributed by atoms with E-state index in [4.69, 9.17) is 11.6 Å². The van der Waals surface area contributed by atoms with Gasteiger partial charge in [0.05, 0.1) is 0 Å². The van der Waals surface area contributed by atoms with Gasteiger partial charge in [0.2, 0.25) is 0 Å². The zero-order chi connectivity index (χ0) is 18.1. The van der Waals surface area contributed by atoms with E-state index in [9.17, 15) is 9.59 Å². The zero-order valence-electron chi connectivity index (χ0n) is 14.3. The van der Waals surface area contributed by atoms with Crippen LogP contribution >= 0.6 is 11.6 Å². The van der Waals surface area contributed by atoms with Crippen molar-refractivity contribution in [1.29, 1.82) is 0 Å². The Balaban J connectivity index is 1.41. The van der Waals surface area contributed by atoms with Crippen LogP contribution in [0.3, 0.4) is 0 Å². The quantitative estimate of drug-likeness (QED) is 0.317. The Kier molecular flexibility index (Phi) is 5.33. The van der Waals surface area contributed by atoms with Gasteiger partial charge in [0.25, 0.3) is 0 Å². The third kappa shape index (κ3) is 3.54. The molecule has 0 aromatic heterocycles. The van der Waals surface area contributed by atoms with Crippen molar-refractivity contribution in [2.24, 2.45) is 0 Å². The number of alkyl halides is 1. The van der Waals surface area contributed by atoms with Gasteiger partial charge < -0.3 is 0 Å². The second kappa shape index (κ2) is 7.70. The summed E-state index contributed by atoms with van der Waals surface area (Å²) in [5.41, 5.74) is 1.92. The second-order valence-electron chi connectivity index (χ2n) is 6.52. The van der Waals surface area contributed by atoms with Gasteiger partial charge >= 0.3 is 140 Å². The third-order valence-electron chi connectivity index (χ3n) is 5.03. The Morgan fingerprint density at radius 3 is 2.42 bits per heavy atom. The van der Waals surface area contributed by atoms with E-state index >= 15 is 0 Å². The Labute approximate surface area is 168 Å². The van der Waals surface area contributed by atoms with Gasteiger partial charge in [-0.1, -0.05) is 11.6 Å². The Morgan fingerprint density at radius 2 is 1.77 bits per heavy atom. The van der Waals surface area contributed by atoms with Crippen molar-refractivity contribution < 1.29 is 30.8 Å². The first-order chi connectivity index (χ1) is 12.6. The molecular weight excluding hydrogens is 465 g/mol. The molecule has 0 bridgehead atoms. The topological polar surface area (TPSA) is 43.9 Å². The number of nitrogens with zero attached hydrogens (tertiary/aromatic N) is 3. The van der Waals surface area contributed by atoms with E-state index in [2.05, 4.69) is 13.9 Å². The van der Waals surface area contributed by atoms with Crippen LogP contribution in [0.15, 0.2) is 46.2 Å². The molecule has 1 unspecified atom stereocenters. The first-order valence-corrected chi connectivity index (χ1v) is 11.8. The van der Waals surface area contributed by atoms with E-state index in [1.807, 2.05) is 36.4 Å². The molecule has 5 nitrogen and oxygen atoms in total. The molecule has 1 atom stereocenters. The number of amides is 2. The fourth-order valence-corrected chi connectivity index (χ4v) is 5.38. The predicted molar refractivity (Wildman–Crippen MR) is 97.6 cm³/mol. The Bertz CT molecular complexity index is 769. The zero-order valence-corrected chi connectivity index (χ0v) is 17.2. The van der Waals surface area contributed by atoms with Crippen LogP contribution in [0.4, 0.5) is 5.69 Å². The van der Waals surface area contributed by atoms with Crippen molar-refractivity contribution >= 4 is 29.1 Å². The average molecular weight is 485 g/mol. The van der Waals surface area contributed by atoms with E-state index in [-0.39, 0.29) is 39.1 Å². The van der Waals surface area contributed by atoms with Gasteiger partial charge in [-0.25, -0.2) is 0 Å². The molecule has 0 spiro atoms. The first-order valence-electron chi connectivity index (χ1n) is 8.69. The maximum atomic E-state index is 12.9. The number of hydrogen-bond acceptors (Lipinski definition) is 4. The molecule has 3 aliphatic rings. The number of benzene rings is 1. The van der Waals surface area contributed by atoms with E-state index in [0.717, 1.165) is 47.0 Å². The minimum absolute atomic E-state index is 0.0582. The number of anilines is 1. The van der Waals surface area contributed by atoms with Gasteiger partial charge in [-0.05, 0) is 12.1 Å². The number of hydrogen-bond donors (Lipinski definition) is 0. The van der Waals surface area contributed by atoms with Gasteiger partial charge in [-0.15, -0.1) is 0 Å². The van der Waals surface area contributed by atoms with Crippen LogP contribution in [0.25, 0.3) is 0 Å². The molecule has 0 saturated carbocycles. The normalized spacial score (nSPS) is 24.7. The molecule has 3 aliphatic heterocycles. The first kappa shape index (κ1) is 18.0. The molecule has 3 heterocycles. The van der Waals surface area contributed by atoms with Crippen LogP contribution in [0.1, 0.15) is 6.42 Å². The molecule has 4 rings (SSSR count). The standard InChI is InChI=1S/C19H20ClIN3O2/c20-14-1-3-15(4-2-14)22-9-11-23(12-10-22)17-13-18(25)24(19(17)26)16-5-7-21-8-6-16/h1-7,17H,8-13H2/q-1. The number of allylic oxidation sites excluding steroid dienone is 2. The number of halogens is 2. The van der Waals surface area contributed by atoms with Crippen LogP contribution in [0, 0.1) is 0 Å². The van der Waals surface area contributed by atoms with Gasteiger partial charge in [0, 0.05) is 5.02 Å². The number of carbonyl (C=O) groups is 2. The predicted octanol–water partition coefficient (Wildman–Crippen LogP) is -0.910. The molecule has 0 radical (unpaired) electrons. The summed E-state index contributed by atoms with van der Waals surface area (Å²) in [7, 11) is 0. The van der Waals surface area contributed by atoms with Gasteiger partial charge in [0.15, 0.2) is 0 Å². The Hall–Kier alpha value is -1.38. The molecule has 0 aliphatic carbocycles. The molecule has 7 heteroatoms.